The maximum atomic E-state index is 12.6. The van der Waals surface area contributed by atoms with Gasteiger partial charge < -0.3 is 5.32 Å². The van der Waals surface area contributed by atoms with E-state index in [1.165, 1.54) is 6.07 Å². The average molecular weight is 354 g/mol. The number of anilines is 1. The fourth-order valence-electron chi connectivity index (χ4n) is 1.62. The Balaban J connectivity index is 2.04. The fourth-order valence-corrected chi connectivity index (χ4v) is 2.91. The second-order valence-electron chi connectivity index (χ2n) is 4.24. The minimum absolute atomic E-state index is 0.0880. The van der Waals surface area contributed by atoms with E-state index in [2.05, 4.69) is 15.8 Å². The van der Waals surface area contributed by atoms with E-state index in [0.29, 0.717) is 0 Å². The first-order valence-corrected chi connectivity index (χ1v) is 7.87. The van der Waals surface area contributed by atoms with E-state index in [0.717, 1.165) is 35.8 Å². The number of nitrogens with zero attached hydrogens (tertiary/aromatic N) is 1. The Morgan fingerprint density at radius 3 is 2.76 bits per heavy atom. The molecule has 0 aromatic heterocycles. The summed E-state index contributed by atoms with van der Waals surface area (Å²) in [5.41, 5.74) is 2.88. The molecule has 1 aliphatic heterocycles. The highest BCUT2D eigenvalue weighted by Gasteiger charge is 2.31. The van der Waals surface area contributed by atoms with E-state index < -0.39 is 11.7 Å². The van der Waals surface area contributed by atoms with Crippen molar-refractivity contribution in [2.75, 3.05) is 16.8 Å². The summed E-state index contributed by atoms with van der Waals surface area (Å²) in [6, 6.07) is 3.00. The zero-order valence-corrected chi connectivity index (χ0v) is 13.0. The van der Waals surface area contributed by atoms with Gasteiger partial charge in [-0.2, -0.15) is 30.0 Å². The van der Waals surface area contributed by atoms with Crippen LogP contribution in [0.15, 0.2) is 23.3 Å². The lowest BCUT2D eigenvalue weighted by Gasteiger charge is -2.12. The maximum Gasteiger partial charge on any atom is 0.416 e. The summed E-state index contributed by atoms with van der Waals surface area (Å²) in [6.07, 6.45) is -3.55. The highest BCUT2D eigenvalue weighted by atomic mass is 35.5. The molecule has 2 N–H and O–H groups in total. The van der Waals surface area contributed by atoms with Crippen LogP contribution in [0.4, 0.5) is 18.9 Å². The number of benzene rings is 1. The second-order valence-corrected chi connectivity index (χ2v) is 6.16. The molecule has 1 heterocycles. The number of alkyl halides is 3. The average Bonchev–Trinajstić information content (AvgIpc) is 2.91. The molecule has 1 aromatic rings. The van der Waals surface area contributed by atoms with Crippen molar-refractivity contribution in [2.45, 2.75) is 12.6 Å². The Bertz CT molecular complexity index is 567. The monoisotopic (exact) mass is 353 g/mol. The molecule has 1 saturated heterocycles. The summed E-state index contributed by atoms with van der Waals surface area (Å²) >= 11 is 12.6. The van der Waals surface area contributed by atoms with Gasteiger partial charge in [-0.15, -0.1) is 0 Å². The molecule has 114 valence electrons. The molecule has 0 aliphatic carbocycles. The van der Waals surface area contributed by atoms with Gasteiger partial charge in [0.2, 0.25) is 0 Å². The Morgan fingerprint density at radius 2 is 2.14 bits per heavy atom. The number of hydrogen-bond donors (Lipinski definition) is 2. The number of hydrazone groups is 1. The SMILES string of the molecule is FC(F)(F)c1ccc(Cl)c(NC(=S)N/N=C2\CCSC2)c1. The Labute approximate surface area is 134 Å². The van der Waals surface area contributed by atoms with Gasteiger partial charge in [0.05, 0.1) is 16.3 Å². The van der Waals surface area contributed by atoms with Crippen molar-refractivity contribution in [3.8, 4) is 0 Å². The Hall–Kier alpha value is -0.990. The van der Waals surface area contributed by atoms with Gasteiger partial charge in [-0.25, -0.2) is 0 Å². The van der Waals surface area contributed by atoms with E-state index in [1.807, 2.05) is 0 Å². The van der Waals surface area contributed by atoms with Crippen molar-refractivity contribution in [1.29, 1.82) is 0 Å². The van der Waals surface area contributed by atoms with E-state index >= 15 is 0 Å². The summed E-state index contributed by atoms with van der Waals surface area (Å²) < 4.78 is 37.9. The van der Waals surface area contributed by atoms with Crippen LogP contribution in [0.25, 0.3) is 0 Å². The van der Waals surface area contributed by atoms with Crippen molar-refractivity contribution in [3.63, 3.8) is 0 Å². The molecule has 1 fully saturated rings. The molecule has 0 amide bonds. The van der Waals surface area contributed by atoms with E-state index in [4.69, 9.17) is 23.8 Å². The van der Waals surface area contributed by atoms with Gasteiger partial charge in [0.15, 0.2) is 5.11 Å². The first kappa shape index (κ1) is 16.4. The van der Waals surface area contributed by atoms with Crippen LogP contribution in [0.3, 0.4) is 0 Å². The van der Waals surface area contributed by atoms with Crippen LogP contribution >= 0.6 is 35.6 Å². The molecule has 0 atom stereocenters. The lowest BCUT2D eigenvalue weighted by atomic mass is 10.2. The van der Waals surface area contributed by atoms with Crippen LogP contribution < -0.4 is 10.7 Å². The molecule has 3 nitrogen and oxygen atoms in total. The van der Waals surface area contributed by atoms with Crippen molar-refractivity contribution < 1.29 is 13.2 Å². The second kappa shape index (κ2) is 6.85. The number of halogens is 4. The van der Waals surface area contributed by atoms with E-state index in [9.17, 15) is 13.2 Å². The van der Waals surface area contributed by atoms with E-state index in [1.54, 1.807) is 11.8 Å². The molecule has 0 bridgehead atoms. The number of thioether (sulfide) groups is 1. The molecular weight excluding hydrogens is 343 g/mol. The Morgan fingerprint density at radius 1 is 1.38 bits per heavy atom. The van der Waals surface area contributed by atoms with Gasteiger partial charge in [0.1, 0.15) is 0 Å². The number of hydrogen-bond acceptors (Lipinski definition) is 3. The third-order valence-electron chi connectivity index (χ3n) is 2.66. The van der Waals surface area contributed by atoms with Crippen LogP contribution in [-0.4, -0.2) is 22.3 Å². The molecule has 0 spiro atoms. The molecule has 0 radical (unpaired) electrons. The lowest BCUT2D eigenvalue weighted by Crippen LogP contribution is -2.25. The minimum atomic E-state index is -4.43. The first-order chi connectivity index (χ1) is 9.86. The van der Waals surface area contributed by atoms with Gasteiger partial charge in [-0.05, 0) is 42.6 Å². The largest absolute Gasteiger partial charge is 0.416 e. The molecule has 0 unspecified atom stereocenters. The molecule has 21 heavy (non-hydrogen) atoms. The zero-order valence-electron chi connectivity index (χ0n) is 10.6. The standard InChI is InChI=1S/C12H11ClF3N3S2/c13-9-2-1-7(12(14,15)16)5-10(9)17-11(20)19-18-8-3-4-21-6-8/h1-2,5H,3-4,6H2,(H2,17,19,20)/b18-8+. The lowest BCUT2D eigenvalue weighted by molar-refractivity contribution is -0.137. The van der Waals surface area contributed by atoms with Gasteiger partial charge in [-0.3, -0.25) is 5.43 Å². The highest BCUT2D eigenvalue weighted by molar-refractivity contribution is 8.00. The first-order valence-electron chi connectivity index (χ1n) is 5.93. The number of rotatable bonds is 2. The van der Waals surface area contributed by atoms with Gasteiger partial charge in [-0.1, -0.05) is 11.6 Å². The maximum absolute atomic E-state index is 12.6. The van der Waals surface area contributed by atoms with Gasteiger partial charge in [0, 0.05) is 11.5 Å². The van der Waals surface area contributed by atoms with Crippen molar-refractivity contribution in [3.05, 3.63) is 28.8 Å². The zero-order chi connectivity index (χ0) is 15.5. The summed E-state index contributed by atoms with van der Waals surface area (Å²) in [6.45, 7) is 0. The normalized spacial score (nSPS) is 17.0. The van der Waals surface area contributed by atoms with Crippen LogP contribution in [0.5, 0.6) is 0 Å². The summed E-state index contributed by atoms with van der Waals surface area (Å²) in [4.78, 5) is 0. The van der Waals surface area contributed by atoms with Crippen LogP contribution in [0.1, 0.15) is 12.0 Å². The smallest absolute Gasteiger partial charge is 0.330 e. The van der Waals surface area contributed by atoms with Gasteiger partial charge >= 0.3 is 6.18 Å². The minimum Gasteiger partial charge on any atom is -0.330 e. The van der Waals surface area contributed by atoms with Crippen LogP contribution in [-0.2, 0) is 6.18 Å². The van der Waals surface area contributed by atoms with Crippen LogP contribution in [0.2, 0.25) is 5.02 Å². The predicted octanol–water partition coefficient (Wildman–Crippen LogP) is 4.14. The molecule has 1 aliphatic rings. The van der Waals surface area contributed by atoms with Crippen molar-refractivity contribution in [2.24, 2.45) is 5.10 Å². The topological polar surface area (TPSA) is 36.4 Å². The summed E-state index contributed by atoms with van der Waals surface area (Å²) in [7, 11) is 0. The molecular formula is C12H11ClF3N3S2. The molecule has 2 rings (SSSR count). The van der Waals surface area contributed by atoms with Crippen molar-refractivity contribution in [1.82, 2.24) is 5.43 Å². The summed E-state index contributed by atoms with van der Waals surface area (Å²) in [5, 5.41) is 6.97. The number of thiocarbonyl (C=S) groups is 1. The van der Waals surface area contributed by atoms with Crippen LogP contribution in [0, 0.1) is 0 Å². The molecule has 1 aromatic carbocycles. The van der Waals surface area contributed by atoms with Crippen molar-refractivity contribution >= 4 is 52.1 Å². The molecule has 0 saturated carbocycles. The highest BCUT2D eigenvalue weighted by Crippen LogP contribution is 2.33. The Kier molecular flexibility index (Phi) is 5.34. The predicted molar refractivity (Wildman–Crippen MR) is 85.2 cm³/mol. The quantitative estimate of drug-likeness (QED) is 0.619. The number of nitrogens with one attached hydrogen (secondary N) is 2. The summed E-state index contributed by atoms with van der Waals surface area (Å²) in [5.74, 6) is 1.85. The third kappa shape index (κ3) is 4.76. The molecule has 9 heteroatoms. The van der Waals surface area contributed by atoms with E-state index in [-0.39, 0.29) is 15.8 Å². The fraction of sp³-hybridized carbons (Fsp3) is 0.333. The third-order valence-corrected chi connectivity index (χ3v) is 4.21. The van der Waals surface area contributed by atoms with Gasteiger partial charge in [0.25, 0.3) is 0 Å².